The summed E-state index contributed by atoms with van der Waals surface area (Å²) in [7, 11) is 0. The quantitative estimate of drug-likeness (QED) is 0.652. The largest absolute Gasteiger partial charge is 0.363 e. The highest BCUT2D eigenvalue weighted by Crippen LogP contribution is 2.28. The van der Waals surface area contributed by atoms with Crippen LogP contribution in [0.1, 0.15) is 13.8 Å². The molecule has 0 atom stereocenters. The Morgan fingerprint density at radius 1 is 1.23 bits per heavy atom. The average Bonchev–Trinajstić information content (AvgIpc) is 2.90. The number of fused-ring (bicyclic) bond motifs is 3. The Labute approximate surface area is 134 Å². The summed E-state index contributed by atoms with van der Waals surface area (Å²) >= 11 is 6.09. The van der Waals surface area contributed by atoms with Crippen molar-refractivity contribution in [3.8, 4) is 0 Å². The number of hydrogen-bond acceptors (Lipinski definition) is 3. The Kier molecular flexibility index (Phi) is 4.45. The molecule has 2 aromatic heterocycles. The molecule has 0 aliphatic rings. The fraction of sp³-hybridized carbons (Fsp3) is 0.375. The van der Waals surface area contributed by atoms with E-state index in [9.17, 15) is 0 Å². The van der Waals surface area contributed by atoms with E-state index in [0.717, 1.165) is 53.9 Å². The summed E-state index contributed by atoms with van der Waals surface area (Å²) in [5.74, 6) is 0.851. The topological polar surface area (TPSA) is 58.0 Å². The first-order chi connectivity index (χ1) is 10.7. The van der Waals surface area contributed by atoms with Gasteiger partial charge in [-0.25, -0.2) is 9.97 Å². The van der Waals surface area contributed by atoms with E-state index in [0.29, 0.717) is 5.02 Å². The molecule has 0 aliphatic carbocycles. The minimum absolute atomic E-state index is 0.714. The number of anilines is 1. The molecule has 3 rings (SSSR count). The maximum atomic E-state index is 6.09. The molecule has 0 fully saturated rings. The number of H-pyrrole nitrogens is 1. The highest BCUT2D eigenvalue weighted by molar-refractivity contribution is 6.31. The van der Waals surface area contributed by atoms with Crippen LogP contribution in [0.25, 0.3) is 21.9 Å². The van der Waals surface area contributed by atoms with Crippen molar-refractivity contribution in [2.24, 2.45) is 0 Å². The molecule has 1 aromatic carbocycles. The summed E-state index contributed by atoms with van der Waals surface area (Å²) in [5, 5.41) is 5.17. The second-order valence-electron chi connectivity index (χ2n) is 5.39. The van der Waals surface area contributed by atoms with Gasteiger partial charge < -0.3 is 15.2 Å². The summed E-state index contributed by atoms with van der Waals surface area (Å²) in [6, 6.07) is 5.79. The first-order valence-electron chi connectivity index (χ1n) is 7.72. The molecule has 0 saturated heterocycles. The van der Waals surface area contributed by atoms with Crippen LogP contribution in [0.4, 0.5) is 5.82 Å². The summed E-state index contributed by atoms with van der Waals surface area (Å²) in [4.78, 5) is 13.7. The van der Waals surface area contributed by atoms with Crippen LogP contribution in [0.15, 0.2) is 24.5 Å². The summed E-state index contributed by atoms with van der Waals surface area (Å²) in [6.07, 6.45) is 1.60. The van der Waals surface area contributed by atoms with Crippen molar-refractivity contribution in [2.45, 2.75) is 13.8 Å². The molecule has 0 spiro atoms. The SMILES string of the molecule is CC[NH+](CC)CCNc1ncnc2c1[nH]c1ccc(Cl)cc12. The van der Waals surface area contributed by atoms with Gasteiger partial charge in [0.1, 0.15) is 17.4 Å². The zero-order valence-corrected chi connectivity index (χ0v) is 13.7. The zero-order valence-electron chi connectivity index (χ0n) is 12.9. The molecule has 5 nitrogen and oxygen atoms in total. The lowest BCUT2D eigenvalue weighted by Crippen LogP contribution is -3.12. The normalized spacial score (nSPS) is 11.6. The molecular formula is C16H21ClN5+. The third-order valence-corrected chi connectivity index (χ3v) is 4.35. The van der Waals surface area contributed by atoms with Crippen LogP contribution in [0.5, 0.6) is 0 Å². The van der Waals surface area contributed by atoms with Crippen molar-refractivity contribution in [2.75, 3.05) is 31.5 Å². The number of benzene rings is 1. The number of quaternary nitrogens is 1. The minimum atomic E-state index is 0.714. The van der Waals surface area contributed by atoms with Gasteiger partial charge >= 0.3 is 0 Å². The van der Waals surface area contributed by atoms with Crippen LogP contribution in [-0.2, 0) is 0 Å². The Hall–Kier alpha value is -1.85. The van der Waals surface area contributed by atoms with Gasteiger partial charge in [0.05, 0.1) is 26.2 Å². The van der Waals surface area contributed by atoms with Gasteiger partial charge in [0.15, 0.2) is 5.82 Å². The molecule has 116 valence electrons. The van der Waals surface area contributed by atoms with Crippen molar-refractivity contribution in [1.29, 1.82) is 0 Å². The maximum Gasteiger partial charge on any atom is 0.154 e. The smallest absolute Gasteiger partial charge is 0.154 e. The molecule has 0 amide bonds. The van der Waals surface area contributed by atoms with Crippen LogP contribution in [0.2, 0.25) is 5.02 Å². The van der Waals surface area contributed by atoms with Crippen molar-refractivity contribution >= 4 is 39.4 Å². The van der Waals surface area contributed by atoms with Gasteiger partial charge in [-0.3, -0.25) is 0 Å². The van der Waals surface area contributed by atoms with Crippen LogP contribution in [0, 0.1) is 0 Å². The number of nitrogens with zero attached hydrogens (tertiary/aromatic N) is 2. The van der Waals surface area contributed by atoms with E-state index < -0.39 is 0 Å². The van der Waals surface area contributed by atoms with Crippen LogP contribution >= 0.6 is 11.6 Å². The summed E-state index contributed by atoms with van der Waals surface area (Å²) in [6.45, 7) is 8.67. The number of aromatic amines is 1. The number of aromatic nitrogens is 3. The molecule has 0 radical (unpaired) electrons. The van der Waals surface area contributed by atoms with Gasteiger partial charge in [-0.2, -0.15) is 0 Å². The van der Waals surface area contributed by atoms with Crippen LogP contribution < -0.4 is 10.2 Å². The molecule has 2 heterocycles. The standard InChI is InChI=1S/C16H20ClN5/c1-3-22(4-2)8-7-18-16-15-14(19-10-20-16)12-9-11(17)5-6-13(12)21-15/h5-6,9-10,21H,3-4,7-8H2,1-2H3,(H,18,19,20)/p+1. The predicted octanol–water partition coefficient (Wildman–Crippen LogP) is 2.10. The van der Waals surface area contributed by atoms with Gasteiger partial charge in [-0.1, -0.05) is 11.6 Å². The molecular weight excluding hydrogens is 298 g/mol. The average molecular weight is 319 g/mol. The number of nitrogens with one attached hydrogen (secondary N) is 3. The first kappa shape index (κ1) is 15.1. The molecule has 0 saturated carbocycles. The molecule has 0 unspecified atom stereocenters. The first-order valence-corrected chi connectivity index (χ1v) is 8.10. The molecule has 3 N–H and O–H groups in total. The molecule has 0 bridgehead atoms. The lowest BCUT2D eigenvalue weighted by atomic mass is 10.2. The van der Waals surface area contributed by atoms with Crippen molar-refractivity contribution in [3.63, 3.8) is 0 Å². The fourth-order valence-corrected chi connectivity index (χ4v) is 2.93. The van der Waals surface area contributed by atoms with E-state index in [2.05, 4.69) is 34.1 Å². The van der Waals surface area contributed by atoms with Crippen molar-refractivity contribution < 1.29 is 4.90 Å². The van der Waals surface area contributed by atoms with Gasteiger partial charge in [-0.15, -0.1) is 0 Å². The summed E-state index contributed by atoms with van der Waals surface area (Å²) in [5.41, 5.74) is 2.87. The Bertz CT molecular complexity index is 779. The van der Waals surface area contributed by atoms with Gasteiger partial charge in [0, 0.05) is 15.9 Å². The van der Waals surface area contributed by atoms with Gasteiger partial charge in [0.2, 0.25) is 0 Å². The molecule has 22 heavy (non-hydrogen) atoms. The van der Waals surface area contributed by atoms with E-state index in [4.69, 9.17) is 11.6 Å². The molecule has 0 aliphatic heterocycles. The molecule has 3 aromatic rings. The highest BCUT2D eigenvalue weighted by atomic mass is 35.5. The Morgan fingerprint density at radius 3 is 2.82 bits per heavy atom. The summed E-state index contributed by atoms with van der Waals surface area (Å²) < 4.78 is 0. The second kappa shape index (κ2) is 6.50. The van der Waals surface area contributed by atoms with E-state index in [1.54, 1.807) is 11.2 Å². The Morgan fingerprint density at radius 2 is 2.05 bits per heavy atom. The van der Waals surface area contributed by atoms with Gasteiger partial charge in [-0.05, 0) is 32.0 Å². The third-order valence-electron chi connectivity index (χ3n) is 4.11. The fourth-order valence-electron chi connectivity index (χ4n) is 2.76. The second-order valence-corrected chi connectivity index (χ2v) is 5.83. The van der Waals surface area contributed by atoms with E-state index >= 15 is 0 Å². The number of hydrogen-bond donors (Lipinski definition) is 3. The van der Waals surface area contributed by atoms with E-state index in [1.807, 2.05) is 18.2 Å². The monoisotopic (exact) mass is 318 g/mol. The third kappa shape index (κ3) is 2.87. The lowest BCUT2D eigenvalue weighted by molar-refractivity contribution is -0.894. The minimum Gasteiger partial charge on any atom is -0.363 e. The van der Waals surface area contributed by atoms with E-state index in [1.165, 1.54) is 0 Å². The molecule has 6 heteroatoms. The maximum absolute atomic E-state index is 6.09. The number of rotatable bonds is 6. The van der Waals surface area contributed by atoms with E-state index in [-0.39, 0.29) is 0 Å². The zero-order chi connectivity index (χ0) is 15.5. The van der Waals surface area contributed by atoms with Crippen molar-refractivity contribution in [3.05, 3.63) is 29.5 Å². The van der Waals surface area contributed by atoms with Crippen LogP contribution in [0.3, 0.4) is 0 Å². The Balaban J connectivity index is 1.89. The number of halogens is 1. The highest BCUT2D eigenvalue weighted by Gasteiger charge is 2.11. The lowest BCUT2D eigenvalue weighted by Gasteiger charge is -2.15. The van der Waals surface area contributed by atoms with Crippen LogP contribution in [-0.4, -0.2) is 41.1 Å². The number of likely N-dealkylation sites (N-methyl/N-ethyl adjacent to an activating group) is 1. The predicted molar refractivity (Wildman–Crippen MR) is 91.8 cm³/mol. The van der Waals surface area contributed by atoms with Crippen molar-refractivity contribution in [1.82, 2.24) is 15.0 Å². The van der Waals surface area contributed by atoms with Gasteiger partial charge in [0.25, 0.3) is 0 Å².